The number of nitrogens with zero attached hydrogens (tertiary/aromatic N) is 2. The lowest BCUT2D eigenvalue weighted by Gasteiger charge is -2.14. The van der Waals surface area contributed by atoms with Crippen LogP contribution in [-0.4, -0.2) is 21.1 Å². The second-order valence-corrected chi connectivity index (χ2v) is 5.85. The number of aromatic nitrogens is 2. The van der Waals surface area contributed by atoms with E-state index >= 15 is 0 Å². The molecule has 18 heavy (non-hydrogen) atoms. The van der Waals surface area contributed by atoms with Gasteiger partial charge in [0.2, 0.25) is 0 Å². The molecule has 1 aromatic heterocycles. The van der Waals surface area contributed by atoms with Crippen molar-refractivity contribution in [3.8, 4) is 0 Å². The molecule has 4 heteroatoms. The van der Waals surface area contributed by atoms with Gasteiger partial charge < -0.3 is 4.57 Å². The molecule has 0 spiro atoms. The van der Waals surface area contributed by atoms with E-state index in [2.05, 4.69) is 22.5 Å². The van der Waals surface area contributed by atoms with Gasteiger partial charge in [-0.15, -0.1) is 0 Å². The highest BCUT2D eigenvalue weighted by Crippen LogP contribution is 2.32. The molecule has 0 saturated heterocycles. The summed E-state index contributed by atoms with van der Waals surface area (Å²) >= 11 is 1.78. The van der Waals surface area contributed by atoms with E-state index in [1.54, 1.807) is 18.7 Å². The Bertz CT molecular complexity index is 562. The molecular weight excluding hydrogens is 244 g/mol. The van der Waals surface area contributed by atoms with Gasteiger partial charge in [0.15, 0.2) is 0 Å². The summed E-state index contributed by atoms with van der Waals surface area (Å²) in [5.41, 5.74) is 2.12. The fourth-order valence-electron chi connectivity index (χ4n) is 2.14. The molecule has 0 aliphatic carbocycles. The summed E-state index contributed by atoms with van der Waals surface area (Å²) < 4.78 is 2.10. The predicted molar refractivity (Wildman–Crippen MR) is 76.9 cm³/mol. The molecule has 0 bridgehead atoms. The Hall–Kier alpha value is -1.29. The molecule has 0 saturated carbocycles. The summed E-state index contributed by atoms with van der Waals surface area (Å²) in [4.78, 5) is 16.1. The molecule has 1 aromatic carbocycles. The maximum absolute atomic E-state index is 11.4. The zero-order chi connectivity index (χ0) is 13.1. The number of Topliss-reactive ketones (excluding diaryl/α,β-unsaturated/α-hetero) is 1. The van der Waals surface area contributed by atoms with E-state index in [1.807, 2.05) is 25.2 Å². The quantitative estimate of drug-likeness (QED) is 0.829. The van der Waals surface area contributed by atoms with Crippen molar-refractivity contribution in [3.05, 3.63) is 30.1 Å². The first-order valence-corrected chi connectivity index (χ1v) is 7.20. The molecule has 0 radical (unpaired) electrons. The molecule has 0 fully saturated rings. The first-order valence-electron chi connectivity index (χ1n) is 6.16. The van der Waals surface area contributed by atoms with Gasteiger partial charge in [-0.1, -0.05) is 19.1 Å². The standard InChI is InChI=1S/C14H18N2OS/c1-4-18-13(9-10(2)17)14-15-11-7-5-6-8-12(11)16(14)3/h5-8,13H,4,9H2,1-3H3. The molecule has 96 valence electrons. The van der Waals surface area contributed by atoms with Crippen molar-refractivity contribution in [3.63, 3.8) is 0 Å². The maximum Gasteiger partial charge on any atom is 0.131 e. The van der Waals surface area contributed by atoms with Crippen molar-refractivity contribution in [1.29, 1.82) is 0 Å². The van der Waals surface area contributed by atoms with Crippen LogP contribution in [0, 0.1) is 0 Å². The molecule has 1 heterocycles. The molecule has 0 amide bonds. The van der Waals surface area contributed by atoms with E-state index in [-0.39, 0.29) is 11.0 Å². The summed E-state index contributed by atoms with van der Waals surface area (Å²) in [7, 11) is 2.02. The molecule has 0 aliphatic heterocycles. The molecule has 2 rings (SSSR count). The number of thioether (sulfide) groups is 1. The zero-order valence-electron chi connectivity index (χ0n) is 11.0. The number of carbonyl (C=O) groups excluding carboxylic acids is 1. The first kappa shape index (κ1) is 13.1. The Balaban J connectivity index is 2.43. The van der Waals surface area contributed by atoms with Crippen molar-refractivity contribution in [1.82, 2.24) is 9.55 Å². The van der Waals surface area contributed by atoms with Crippen LogP contribution in [0.2, 0.25) is 0 Å². The number of para-hydroxylation sites is 2. The van der Waals surface area contributed by atoms with E-state index < -0.39 is 0 Å². The summed E-state index contributed by atoms with van der Waals surface area (Å²) in [6.45, 7) is 3.76. The topological polar surface area (TPSA) is 34.9 Å². The van der Waals surface area contributed by atoms with Gasteiger partial charge in [-0.2, -0.15) is 11.8 Å². The van der Waals surface area contributed by atoms with E-state index in [4.69, 9.17) is 0 Å². The highest BCUT2D eigenvalue weighted by atomic mass is 32.2. The van der Waals surface area contributed by atoms with E-state index in [0.717, 1.165) is 22.6 Å². The van der Waals surface area contributed by atoms with Gasteiger partial charge in [-0.05, 0) is 24.8 Å². The van der Waals surface area contributed by atoms with Crippen LogP contribution in [0.25, 0.3) is 11.0 Å². The third-order valence-corrected chi connectivity index (χ3v) is 4.06. The summed E-state index contributed by atoms with van der Waals surface area (Å²) in [5, 5.41) is 0.157. The minimum atomic E-state index is 0.157. The van der Waals surface area contributed by atoms with Crippen molar-refractivity contribution in [2.45, 2.75) is 25.5 Å². The average molecular weight is 262 g/mol. The number of aryl methyl sites for hydroxylation is 1. The van der Waals surface area contributed by atoms with Crippen LogP contribution in [0.15, 0.2) is 24.3 Å². The van der Waals surface area contributed by atoms with Gasteiger partial charge in [0, 0.05) is 13.5 Å². The molecule has 0 N–H and O–H groups in total. The second-order valence-electron chi connectivity index (χ2n) is 4.37. The third kappa shape index (κ3) is 2.58. The van der Waals surface area contributed by atoms with Crippen LogP contribution in [0.3, 0.4) is 0 Å². The summed E-state index contributed by atoms with van der Waals surface area (Å²) in [6, 6.07) is 8.08. The summed E-state index contributed by atoms with van der Waals surface area (Å²) in [6.07, 6.45) is 0.551. The number of imidazole rings is 1. The van der Waals surface area contributed by atoms with Crippen molar-refractivity contribution in [2.75, 3.05) is 5.75 Å². The average Bonchev–Trinajstić information content (AvgIpc) is 2.66. The number of hydrogen-bond acceptors (Lipinski definition) is 3. The van der Waals surface area contributed by atoms with Crippen LogP contribution < -0.4 is 0 Å². The minimum absolute atomic E-state index is 0.157. The fourth-order valence-corrected chi connectivity index (χ4v) is 3.25. The second kappa shape index (κ2) is 5.57. The maximum atomic E-state index is 11.4. The molecular formula is C14H18N2OS. The van der Waals surface area contributed by atoms with Gasteiger partial charge in [0.05, 0.1) is 16.3 Å². The Morgan fingerprint density at radius 3 is 2.78 bits per heavy atom. The van der Waals surface area contributed by atoms with Crippen molar-refractivity contribution < 1.29 is 4.79 Å². The molecule has 0 aliphatic rings. The number of fused-ring (bicyclic) bond motifs is 1. The minimum Gasteiger partial charge on any atom is -0.330 e. The highest BCUT2D eigenvalue weighted by Gasteiger charge is 2.20. The van der Waals surface area contributed by atoms with Gasteiger partial charge >= 0.3 is 0 Å². The van der Waals surface area contributed by atoms with Crippen LogP contribution >= 0.6 is 11.8 Å². The Kier molecular flexibility index (Phi) is 4.07. The van der Waals surface area contributed by atoms with Gasteiger partial charge in [-0.3, -0.25) is 4.79 Å². The Morgan fingerprint density at radius 2 is 2.17 bits per heavy atom. The van der Waals surface area contributed by atoms with Crippen molar-refractivity contribution in [2.24, 2.45) is 7.05 Å². The molecule has 1 unspecified atom stereocenters. The normalized spacial score (nSPS) is 12.8. The van der Waals surface area contributed by atoms with Gasteiger partial charge in [0.25, 0.3) is 0 Å². The number of rotatable bonds is 5. The largest absolute Gasteiger partial charge is 0.330 e. The van der Waals surface area contributed by atoms with Crippen molar-refractivity contribution >= 4 is 28.6 Å². The SMILES string of the molecule is CCSC(CC(C)=O)c1nc2ccccc2n1C. The highest BCUT2D eigenvalue weighted by molar-refractivity contribution is 7.99. The Morgan fingerprint density at radius 1 is 1.44 bits per heavy atom. The first-order chi connectivity index (χ1) is 8.63. The predicted octanol–water partition coefficient (Wildman–Crippen LogP) is 3.35. The van der Waals surface area contributed by atoms with Crippen LogP contribution in [0.4, 0.5) is 0 Å². The lowest BCUT2D eigenvalue weighted by Crippen LogP contribution is -2.07. The van der Waals surface area contributed by atoms with E-state index in [9.17, 15) is 4.79 Å². The van der Waals surface area contributed by atoms with E-state index in [0.29, 0.717) is 6.42 Å². The number of benzene rings is 1. The fraction of sp³-hybridized carbons (Fsp3) is 0.429. The Labute approximate surface area is 112 Å². The number of carbonyl (C=O) groups is 1. The van der Waals surface area contributed by atoms with Gasteiger partial charge in [0.1, 0.15) is 11.6 Å². The molecule has 2 aromatic rings. The monoisotopic (exact) mass is 262 g/mol. The van der Waals surface area contributed by atoms with Crippen LogP contribution in [0.5, 0.6) is 0 Å². The summed E-state index contributed by atoms with van der Waals surface area (Å²) in [5.74, 6) is 2.20. The lowest BCUT2D eigenvalue weighted by atomic mass is 10.2. The number of ketones is 1. The zero-order valence-corrected chi connectivity index (χ0v) is 11.8. The van der Waals surface area contributed by atoms with Gasteiger partial charge in [-0.25, -0.2) is 4.98 Å². The lowest BCUT2D eigenvalue weighted by molar-refractivity contribution is -0.117. The third-order valence-electron chi connectivity index (χ3n) is 2.95. The van der Waals surface area contributed by atoms with Crippen LogP contribution in [-0.2, 0) is 11.8 Å². The number of hydrogen-bond donors (Lipinski definition) is 0. The van der Waals surface area contributed by atoms with Crippen LogP contribution in [0.1, 0.15) is 31.3 Å². The smallest absolute Gasteiger partial charge is 0.131 e. The molecule has 1 atom stereocenters. The molecule has 3 nitrogen and oxygen atoms in total. The van der Waals surface area contributed by atoms with E-state index in [1.165, 1.54) is 0 Å².